The Balaban J connectivity index is 2.38. The van der Waals surface area contributed by atoms with Gasteiger partial charge in [-0.05, 0) is 43.1 Å². The van der Waals surface area contributed by atoms with Crippen LogP contribution in [0.15, 0.2) is 34.8 Å². The lowest BCUT2D eigenvalue weighted by Crippen LogP contribution is -2.22. The zero-order chi connectivity index (χ0) is 13.8. The van der Waals surface area contributed by atoms with Crippen LogP contribution < -0.4 is 5.32 Å². The van der Waals surface area contributed by atoms with Gasteiger partial charge in [-0.2, -0.15) is 0 Å². The molecule has 1 nitrogen and oxygen atoms in total. The minimum absolute atomic E-state index is 0.201. The van der Waals surface area contributed by atoms with Crippen molar-refractivity contribution in [3.05, 3.63) is 55.1 Å². The maximum Gasteiger partial charge on any atom is 0.0961 e. The van der Waals surface area contributed by atoms with Crippen molar-refractivity contribution in [3.8, 4) is 0 Å². The molecule has 2 aromatic rings. The van der Waals surface area contributed by atoms with E-state index in [1.807, 2.05) is 6.07 Å². The van der Waals surface area contributed by atoms with Gasteiger partial charge in [-0.25, -0.2) is 0 Å². The summed E-state index contributed by atoms with van der Waals surface area (Å²) in [5.74, 6) is 0. The number of aryl methyl sites for hydroxylation is 1. The lowest BCUT2D eigenvalue weighted by molar-refractivity contribution is 0.604. The highest BCUT2D eigenvalue weighted by molar-refractivity contribution is 9.10. The third-order valence-corrected chi connectivity index (χ3v) is 5.32. The van der Waals surface area contributed by atoms with E-state index >= 15 is 0 Å². The molecular weight excluding hydrogens is 342 g/mol. The average Bonchev–Trinajstić information content (AvgIpc) is 2.72. The van der Waals surface area contributed by atoms with Crippen LogP contribution in [0.1, 0.15) is 35.4 Å². The summed E-state index contributed by atoms with van der Waals surface area (Å²) in [6, 6.07) is 10.7. The van der Waals surface area contributed by atoms with Crippen molar-refractivity contribution < 1.29 is 0 Å². The average molecular weight is 359 g/mol. The second-order valence-electron chi connectivity index (χ2n) is 4.51. The Morgan fingerprint density at radius 3 is 2.68 bits per heavy atom. The third-order valence-electron chi connectivity index (χ3n) is 2.98. The molecule has 1 aromatic carbocycles. The summed E-state index contributed by atoms with van der Waals surface area (Å²) in [7, 11) is 0. The summed E-state index contributed by atoms with van der Waals surface area (Å²) in [5.41, 5.74) is 2.41. The minimum Gasteiger partial charge on any atom is -0.306 e. The van der Waals surface area contributed by atoms with Gasteiger partial charge in [0.25, 0.3) is 0 Å². The van der Waals surface area contributed by atoms with Crippen LogP contribution >= 0.6 is 38.9 Å². The maximum absolute atomic E-state index is 6.21. The summed E-state index contributed by atoms with van der Waals surface area (Å²) in [5, 5.41) is 3.61. The van der Waals surface area contributed by atoms with Crippen LogP contribution in [0.5, 0.6) is 0 Å². The quantitative estimate of drug-likeness (QED) is 0.737. The second kappa shape index (κ2) is 6.89. The second-order valence-corrected chi connectivity index (χ2v) is 7.05. The maximum atomic E-state index is 6.21. The fraction of sp³-hybridized carbons (Fsp3) is 0.333. The highest BCUT2D eigenvalue weighted by Gasteiger charge is 2.18. The Bertz CT molecular complexity index is 533. The van der Waals surface area contributed by atoms with E-state index in [1.165, 1.54) is 10.4 Å². The highest BCUT2D eigenvalue weighted by Crippen LogP contribution is 2.36. The third kappa shape index (κ3) is 3.60. The molecular formula is C15H17BrClNS. The molecule has 2 rings (SSSR count). The fourth-order valence-corrected chi connectivity index (χ4v) is 3.81. The van der Waals surface area contributed by atoms with E-state index in [9.17, 15) is 0 Å². The van der Waals surface area contributed by atoms with Crippen LogP contribution in [0.25, 0.3) is 0 Å². The molecule has 0 radical (unpaired) electrons. The first-order valence-corrected chi connectivity index (χ1v) is 8.36. The summed E-state index contributed by atoms with van der Waals surface area (Å²) in [4.78, 5) is 1.27. The molecule has 4 heteroatoms. The Hall–Kier alpha value is -0.350. The lowest BCUT2D eigenvalue weighted by Gasteiger charge is -2.19. The van der Waals surface area contributed by atoms with E-state index in [0.29, 0.717) is 0 Å². The van der Waals surface area contributed by atoms with Crippen LogP contribution in [-0.4, -0.2) is 6.54 Å². The van der Waals surface area contributed by atoms with Crippen molar-refractivity contribution in [1.29, 1.82) is 0 Å². The Labute approximate surface area is 132 Å². The zero-order valence-electron chi connectivity index (χ0n) is 11.0. The van der Waals surface area contributed by atoms with Gasteiger partial charge in [-0.3, -0.25) is 0 Å². The van der Waals surface area contributed by atoms with Crippen molar-refractivity contribution in [1.82, 2.24) is 5.32 Å². The number of hydrogen-bond acceptors (Lipinski definition) is 2. The van der Waals surface area contributed by atoms with Crippen LogP contribution in [-0.2, 0) is 0 Å². The molecule has 0 saturated heterocycles. The number of thiophene rings is 1. The largest absolute Gasteiger partial charge is 0.306 e. The van der Waals surface area contributed by atoms with Gasteiger partial charge in [0.15, 0.2) is 0 Å². The predicted octanol–water partition coefficient (Wildman–Crippen LogP) is 5.56. The van der Waals surface area contributed by atoms with Crippen molar-refractivity contribution >= 4 is 38.9 Å². The van der Waals surface area contributed by atoms with Crippen LogP contribution in [0, 0.1) is 6.92 Å². The van der Waals surface area contributed by atoms with Crippen LogP contribution in [0.4, 0.5) is 0 Å². The summed E-state index contributed by atoms with van der Waals surface area (Å²) < 4.78 is 2.01. The smallest absolute Gasteiger partial charge is 0.0961 e. The number of rotatable bonds is 5. The normalized spacial score (nSPS) is 12.6. The first-order valence-electron chi connectivity index (χ1n) is 6.37. The molecule has 1 atom stereocenters. The van der Waals surface area contributed by atoms with Crippen molar-refractivity contribution in [3.63, 3.8) is 0 Å². The van der Waals surface area contributed by atoms with Crippen molar-refractivity contribution in [2.75, 3.05) is 6.54 Å². The van der Waals surface area contributed by atoms with Gasteiger partial charge < -0.3 is 5.32 Å². The Morgan fingerprint density at radius 2 is 2.11 bits per heavy atom. The lowest BCUT2D eigenvalue weighted by atomic mass is 10.0. The van der Waals surface area contributed by atoms with Gasteiger partial charge in [0.2, 0.25) is 0 Å². The van der Waals surface area contributed by atoms with Gasteiger partial charge >= 0.3 is 0 Å². The molecule has 102 valence electrons. The molecule has 0 spiro atoms. The fourth-order valence-electron chi connectivity index (χ4n) is 1.99. The molecule has 0 fully saturated rings. The summed E-state index contributed by atoms with van der Waals surface area (Å²) in [6.07, 6.45) is 1.11. The Morgan fingerprint density at radius 1 is 1.37 bits per heavy atom. The molecule has 1 aromatic heterocycles. The van der Waals surface area contributed by atoms with Gasteiger partial charge in [0.1, 0.15) is 0 Å². The van der Waals surface area contributed by atoms with E-state index in [1.54, 1.807) is 11.3 Å². The Kier molecular flexibility index (Phi) is 5.46. The molecule has 0 bridgehead atoms. The number of halogens is 2. The summed E-state index contributed by atoms with van der Waals surface area (Å²) >= 11 is 11.5. The summed E-state index contributed by atoms with van der Waals surface area (Å²) in [6.45, 7) is 5.22. The molecule has 1 heterocycles. The molecule has 0 aliphatic carbocycles. The first kappa shape index (κ1) is 15.0. The number of benzene rings is 1. The van der Waals surface area contributed by atoms with Gasteiger partial charge in [0.05, 0.1) is 10.4 Å². The predicted molar refractivity (Wildman–Crippen MR) is 88.3 cm³/mol. The highest BCUT2D eigenvalue weighted by atomic mass is 79.9. The topological polar surface area (TPSA) is 12.0 Å². The number of hydrogen-bond donors (Lipinski definition) is 1. The molecule has 0 amide bonds. The van der Waals surface area contributed by atoms with E-state index in [-0.39, 0.29) is 6.04 Å². The molecule has 0 aliphatic rings. The molecule has 1 N–H and O–H groups in total. The van der Waals surface area contributed by atoms with Gasteiger partial charge in [0, 0.05) is 9.35 Å². The SMILES string of the molecule is CCCNC(c1cc(C)c(Cl)s1)c1ccccc1Br. The molecule has 0 saturated carbocycles. The van der Waals surface area contributed by atoms with Crippen molar-refractivity contribution in [2.24, 2.45) is 0 Å². The van der Waals surface area contributed by atoms with E-state index < -0.39 is 0 Å². The van der Waals surface area contributed by atoms with Gasteiger partial charge in [-0.1, -0.05) is 52.7 Å². The zero-order valence-corrected chi connectivity index (χ0v) is 14.2. The molecule has 0 aliphatic heterocycles. The van der Waals surface area contributed by atoms with Crippen LogP contribution in [0.3, 0.4) is 0 Å². The van der Waals surface area contributed by atoms with E-state index in [4.69, 9.17) is 11.6 Å². The van der Waals surface area contributed by atoms with Crippen molar-refractivity contribution in [2.45, 2.75) is 26.3 Å². The van der Waals surface area contributed by atoms with Crippen LogP contribution in [0.2, 0.25) is 4.34 Å². The molecule has 19 heavy (non-hydrogen) atoms. The minimum atomic E-state index is 0.201. The monoisotopic (exact) mass is 357 g/mol. The van der Waals surface area contributed by atoms with E-state index in [2.05, 4.69) is 59.4 Å². The molecule has 1 unspecified atom stereocenters. The van der Waals surface area contributed by atoms with E-state index in [0.717, 1.165) is 27.3 Å². The standard InChI is InChI=1S/C15H17BrClNS/c1-3-8-18-14(11-6-4-5-7-12(11)16)13-9-10(2)15(17)19-13/h4-7,9,14,18H,3,8H2,1-2H3. The first-order chi connectivity index (χ1) is 9.13. The van der Waals surface area contributed by atoms with Gasteiger partial charge in [-0.15, -0.1) is 11.3 Å². The number of nitrogens with one attached hydrogen (secondary N) is 1.